The minimum absolute atomic E-state index is 0.359. The first kappa shape index (κ1) is 7.92. The summed E-state index contributed by atoms with van der Waals surface area (Å²) in [6, 6.07) is 5.73. The standard InChI is InChI=1S/C12H13NO/c1-7-11(8-5-6-8)9-3-2-4-10(14)12(9)13-7/h2-4,8,13-14H,5-6H2,1H3. The van der Waals surface area contributed by atoms with E-state index in [1.807, 2.05) is 6.07 Å². The van der Waals surface area contributed by atoms with E-state index in [0.717, 1.165) is 11.4 Å². The van der Waals surface area contributed by atoms with Crippen molar-refractivity contribution in [2.45, 2.75) is 25.7 Å². The summed E-state index contributed by atoms with van der Waals surface area (Å²) < 4.78 is 0. The predicted molar refractivity (Wildman–Crippen MR) is 56.7 cm³/mol. The fourth-order valence-corrected chi connectivity index (χ4v) is 2.25. The molecule has 0 atom stereocenters. The van der Waals surface area contributed by atoms with Gasteiger partial charge in [-0.25, -0.2) is 0 Å². The summed E-state index contributed by atoms with van der Waals surface area (Å²) in [6.45, 7) is 2.09. The molecule has 0 unspecified atom stereocenters. The number of phenolic OH excluding ortho intramolecular Hbond substituents is 1. The molecule has 0 radical (unpaired) electrons. The van der Waals surface area contributed by atoms with Crippen LogP contribution in [0.15, 0.2) is 18.2 Å². The number of aryl methyl sites for hydroxylation is 1. The minimum Gasteiger partial charge on any atom is -0.506 e. The van der Waals surface area contributed by atoms with Gasteiger partial charge in [-0.2, -0.15) is 0 Å². The van der Waals surface area contributed by atoms with E-state index in [0.29, 0.717) is 5.75 Å². The van der Waals surface area contributed by atoms with Gasteiger partial charge in [0.1, 0.15) is 5.75 Å². The molecule has 0 aliphatic heterocycles. The second-order valence-electron chi connectivity index (χ2n) is 4.14. The number of H-pyrrole nitrogens is 1. The molecule has 0 amide bonds. The van der Waals surface area contributed by atoms with Gasteiger partial charge in [0.25, 0.3) is 0 Å². The van der Waals surface area contributed by atoms with E-state index in [4.69, 9.17) is 0 Å². The highest BCUT2D eigenvalue weighted by Crippen LogP contribution is 2.45. The molecule has 0 bridgehead atoms. The number of aromatic amines is 1. The first-order chi connectivity index (χ1) is 6.77. The van der Waals surface area contributed by atoms with Crippen LogP contribution in [-0.4, -0.2) is 10.1 Å². The molecular formula is C12H13NO. The number of hydrogen-bond acceptors (Lipinski definition) is 1. The molecule has 3 rings (SSSR count). The number of phenols is 1. The molecule has 1 aliphatic carbocycles. The molecule has 2 aromatic rings. The molecule has 1 aliphatic rings. The normalized spacial score (nSPS) is 16.4. The third kappa shape index (κ3) is 0.969. The summed E-state index contributed by atoms with van der Waals surface area (Å²) >= 11 is 0. The lowest BCUT2D eigenvalue weighted by molar-refractivity contribution is 0.480. The van der Waals surface area contributed by atoms with Gasteiger partial charge in [-0.15, -0.1) is 0 Å². The minimum atomic E-state index is 0.359. The third-order valence-corrected chi connectivity index (χ3v) is 3.03. The van der Waals surface area contributed by atoms with Crippen LogP contribution in [0.25, 0.3) is 10.9 Å². The van der Waals surface area contributed by atoms with E-state index in [2.05, 4.69) is 18.0 Å². The SMILES string of the molecule is Cc1[nH]c2c(O)cccc2c1C1CC1. The molecule has 1 aromatic carbocycles. The van der Waals surface area contributed by atoms with Crippen molar-refractivity contribution < 1.29 is 5.11 Å². The predicted octanol–water partition coefficient (Wildman–Crippen LogP) is 3.06. The van der Waals surface area contributed by atoms with Gasteiger partial charge >= 0.3 is 0 Å². The fraction of sp³-hybridized carbons (Fsp3) is 0.333. The van der Waals surface area contributed by atoms with Crippen molar-refractivity contribution in [3.05, 3.63) is 29.5 Å². The highest BCUT2D eigenvalue weighted by atomic mass is 16.3. The van der Waals surface area contributed by atoms with Crippen LogP contribution in [0, 0.1) is 6.92 Å². The van der Waals surface area contributed by atoms with Crippen LogP contribution in [0.5, 0.6) is 5.75 Å². The van der Waals surface area contributed by atoms with Crippen molar-refractivity contribution in [1.82, 2.24) is 4.98 Å². The quantitative estimate of drug-likeness (QED) is 0.707. The number of para-hydroxylation sites is 1. The zero-order chi connectivity index (χ0) is 9.71. The first-order valence-corrected chi connectivity index (χ1v) is 5.07. The van der Waals surface area contributed by atoms with E-state index in [9.17, 15) is 5.11 Å². The molecule has 72 valence electrons. The number of benzene rings is 1. The maximum absolute atomic E-state index is 9.68. The zero-order valence-corrected chi connectivity index (χ0v) is 8.17. The number of fused-ring (bicyclic) bond motifs is 1. The van der Waals surface area contributed by atoms with Gasteiger partial charge in [-0.1, -0.05) is 12.1 Å². The van der Waals surface area contributed by atoms with Gasteiger partial charge in [-0.05, 0) is 37.3 Å². The van der Waals surface area contributed by atoms with Gasteiger partial charge in [0.05, 0.1) is 5.52 Å². The Morgan fingerprint density at radius 2 is 2.14 bits per heavy atom. The number of aromatic nitrogens is 1. The van der Waals surface area contributed by atoms with Crippen LogP contribution in [0.3, 0.4) is 0 Å². The van der Waals surface area contributed by atoms with Gasteiger partial charge < -0.3 is 10.1 Å². The second-order valence-corrected chi connectivity index (χ2v) is 4.14. The van der Waals surface area contributed by atoms with Crippen molar-refractivity contribution >= 4 is 10.9 Å². The van der Waals surface area contributed by atoms with Crippen LogP contribution in [-0.2, 0) is 0 Å². The Kier molecular flexibility index (Phi) is 1.43. The van der Waals surface area contributed by atoms with Gasteiger partial charge in [-0.3, -0.25) is 0 Å². The molecule has 2 N–H and O–H groups in total. The van der Waals surface area contributed by atoms with Crippen LogP contribution in [0.4, 0.5) is 0 Å². The molecule has 14 heavy (non-hydrogen) atoms. The van der Waals surface area contributed by atoms with Crippen LogP contribution >= 0.6 is 0 Å². The topological polar surface area (TPSA) is 36.0 Å². The van der Waals surface area contributed by atoms with E-state index < -0.39 is 0 Å². The van der Waals surface area contributed by atoms with Gasteiger partial charge in [0.15, 0.2) is 0 Å². The molecule has 1 heterocycles. The monoisotopic (exact) mass is 187 g/mol. The highest BCUT2D eigenvalue weighted by molar-refractivity contribution is 5.90. The third-order valence-electron chi connectivity index (χ3n) is 3.03. The Hall–Kier alpha value is -1.44. The molecule has 1 aromatic heterocycles. The van der Waals surface area contributed by atoms with Gasteiger partial charge in [0, 0.05) is 11.1 Å². The number of nitrogens with one attached hydrogen (secondary N) is 1. The van der Waals surface area contributed by atoms with E-state index in [1.54, 1.807) is 6.07 Å². The lowest BCUT2D eigenvalue weighted by atomic mass is 10.1. The highest BCUT2D eigenvalue weighted by Gasteiger charge is 2.28. The Morgan fingerprint density at radius 3 is 2.86 bits per heavy atom. The summed E-state index contributed by atoms with van der Waals surface area (Å²) in [5.41, 5.74) is 3.52. The Labute approximate surface area is 82.6 Å². The van der Waals surface area contributed by atoms with E-state index >= 15 is 0 Å². The van der Waals surface area contributed by atoms with Crippen molar-refractivity contribution in [3.8, 4) is 5.75 Å². The molecular weight excluding hydrogens is 174 g/mol. The fourth-order valence-electron chi connectivity index (χ4n) is 2.25. The molecule has 1 saturated carbocycles. The van der Waals surface area contributed by atoms with Crippen LogP contribution in [0.1, 0.15) is 30.0 Å². The lowest BCUT2D eigenvalue weighted by Crippen LogP contribution is -1.79. The summed E-state index contributed by atoms with van der Waals surface area (Å²) in [4.78, 5) is 3.27. The molecule has 2 heteroatoms. The zero-order valence-electron chi connectivity index (χ0n) is 8.17. The van der Waals surface area contributed by atoms with Crippen molar-refractivity contribution in [2.24, 2.45) is 0 Å². The smallest absolute Gasteiger partial charge is 0.139 e. The van der Waals surface area contributed by atoms with E-state index in [1.165, 1.54) is 29.5 Å². The first-order valence-electron chi connectivity index (χ1n) is 5.07. The maximum Gasteiger partial charge on any atom is 0.139 e. The summed E-state index contributed by atoms with van der Waals surface area (Å²) in [6.07, 6.45) is 2.59. The van der Waals surface area contributed by atoms with E-state index in [-0.39, 0.29) is 0 Å². The molecule has 1 fully saturated rings. The Bertz CT molecular complexity index is 494. The molecule has 0 saturated heterocycles. The Balaban J connectivity index is 2.37. The lowest BCUT2D eigenvalue weighted by Gasteiger charge is -1.97. The van der Waals surface area contributed by atoms with Gasteiger partial charge in [0.2, 0.25) is 0 Å². The van der Waals surface area contributed by atoms with Crippen LogP contribution < -0.4 is 0 Å². The van der Waals surface area contributed by atoms with Crippen molar-refractivity contribution in [1.29, 1.82) is 0 Å². The largest absolute Gasteiger partial charge is 0.506 e. The average molecular weight is 187 g/mol. The van der Waals surface area contributed by atoms with Crippen molar-refractivity contribution in [3.63, 3.8) is 0 Å². The average Bonchev–Trinajstić information content (AvgIpc) is 2.91. The second kappa shape index (κ2) is 2.53. The summed E-state index contributed by atoms with van der Waals surface area (Å²) in [5.74, 6) is 1.09. The molecule has 0 spiro atoms. The Morgan fingerprint density at radius 1 is 1.36 bits per heavy atom. The number of rotatable bonds is 1. The summed E-state index contributed by atoms with van der Waals surface area (Å²) in [7, 11) is 0. The number of hydrogen-bond donors (Lipinski definition) is 2. The van der Waals surface area contributed by atoms with Crippen molar-refractivity contribution in [2.75, 3.05) is 0 Å². The van der Waals surface area contributed by atoms with Crippen LogP contribution in [0.2, 0.25) is 0 Å². The molecule has 2 nitrogen and oxygen atoms in total. The summed E-state index contributed by atoms with van der Waals surface area (Å²) in [5, 5.41) is 10.9. The maximum atomic E-state index is 9.68. The number of aromatic hydroxyl groups is 1.